The van der Waals surface area contributed by atoms with Crippen molar-refractivity contribution in [1.29, 1.82) is 0 Å². The minimum atomic E-state index is -0.399. The summed E-state index contributed by atoms with van der Waals surface area (Å²) >= 11 is 0. The molecule has 0 bridgehead atoms. The van der Waals surface area contributed by atoms with Crippen LogP contribution in [0, 0.1) is 13.8 Å². The van der Waals surface area contributed by atoms with E-state index in [1.54, 1.807) is 0 Å². The van der Waals surface area contributed by atoms with Crippen molar-refractivity contribution in [3.05, 3.63) is 59.2 Å². The highest BCUT2D eigenvalue weighted by Gasteiger charge is 2.20. The van der Waals surface area contributed by atoms with Gasteiger partial charge in [0.05, 0.1) is 0 Å². The molecule has 0 radical (unpaired) electrons. The average molecular weight is 312 g/mol. The van der Waals surface area contributed by atoms with E-state index in [0.717, 1.165) is 22.4 Å². The van der Waals surface area contributed by atoms with E-state index in [9.17, 15) is 4.79 Å². The number of carbonyl (C=O) groups is 1. The molecule has 0 saturated carbocycles. The third-order valence-corrected chi connectivity index (χ3v) is 3.66. The van der Waals surface area contributed by atoms with E-state index < -0.39 is 5.97 Å². The Bertz CT molecular complexity index is 676. The van der Waals surface area contributed by atoms with Gasteiger partial charge in [-0.25, -0.2) is 4.79 Å². The molecule has 2 aromatic rings. The lowest BCUT2D eigenvalue weighted by atomic mass is 9.86. The molecule has 0 amide bonds. The van der Waals surface area contributed by atoms with Gasteiger partial charge in [-0.2, -0.15) is 0 Å². The Hall–Kier alpha value is -2.29. The van der Waals surface area contributed by atoms with Crippen LogP contribution in [0.3, 0.4) is 0 Å². The minimum absolute atomic E-state index is 0.0929. The van der Waals surface area contributed by atoms with Gasteiger partial charge in [0.25, 0.3) is 0 Å². The van der Waals surface area contributed by atoms with Crippen molar-refractivity contribution in [3.8, 4) is 11.5 Å². The Morgan fingerprint density at radius 3 is 2.17 bits per heavy atom. The van der Waals surface area contributed by atoms with Crippen LogP contribution < -0.4 is 9.47 Å². The van der Waals surface area contributed by atoms with E-state index in [0.29, 0.717) is 5.75 Å². The smallest absolute Gasteiger partial charge is 0.349 e. The van der Waals surface area contributed by atoms with Gasteiger partial charge >= 0.3 is 5.97 Å². The fourth-order valence-electron chi connectivity index (χ4n) is 2.49. The molecule has 0 aliphatic carbocycles. The molecule has 0 atom stereocenters. The molecule has 2 rings (SSSR count). The number of ether oxygens (including phenoxy) is 2. The van der Waals surface area contributed by atoms with E-state index >= 15 is 0 Å². The second-order valence-electron chi connectivity index (χ2n) is 6.73. The van der Waals surface area contributed by atoms with Crippen molar-refractivity contribution < 1.29 is 14.3 Å². The maximum Gasteiger partial charge on any atom is 0.349 e. The van der Waals surface area contributed by atoms with Gasteiger partial charge in [0.15, 0.2) is 6.61 Å². The first kappa shape index (κ1) is 17.1. The van der Waals surface area contributed by atoms with Crippen LogP contribution in [0.15, 0.2) is 42.5 Å². The zero-order valence-corrected chi connectivity index (χ0v) is 14.5. The van der Waals surface area contributed by atoms with Gasteiger partial charge in [0, 0.05) is 5.56 Å². The van der Waals surface area contributed by atoms with E-state index in [1.807, 2.05) is 56.3 Å². The summed E-state index contributed by atoms with van der Waals surface area (Å²) in [5, 5.41) is 0. The summed E-state index contributed by atoms with van der Waals surface area (Å²) < 4.78 is 11.2. The Kier molecular flexibility index (Phi) is 5.09. The number of hydrogen-bond donors (Lipinski definition) is 0. The lowest BCUT2D eigenvalue weighted by Crippen LogP contribution is -2.21. The molecule has 0 aliphatic rings. The number of carbonyl (C=O) groups excluding carboxylic acids is 1. The van der Waals surface area contributed by atoms with Crippen LogP contribution in [0.4, 0.5) is 0 Å². The van der Waals surface area contributed by atoms with Crippen LogP contribution in [-0.2, 0) is 10.2 Å². The number of para-hydroxylation sites is 2. The zero-order valence-electron chi connectivity index (χ0n) is 14.5. The molecule has 23 heavy (non-hydrogen) atoms. The molecule has 122 valence electrons. The van der Waals surface area contributed by atoms with Gasteiger partial charge in [0.1, 0.15) is 11.5 Å². The highest BCUT2D eigenvalue weighted by molar-refractivity contribution is 5.74. The predicted molar refractivity (Wildman–Crippen MR) is 92.2 cm³/mol. The third kappa shape index (κ3) is 4.35. The molecule has 3 heteroatoms. The molecule has 0 spiro atoms. The summed E-state index contributed by atoms with van der Waals surface area (Å²) in [7, 11) is 0. The summed E-state index contributed by atoms with van der Waals surface area (Å²) in [5.74, 6) is 0.938. The molecule has 0 aliphatic heterocycles. The fourth-order valence-corrected chi connectivity index (χ4v) is 2.49. The van der Waals surface area contributed by atoms with Gasteiger partial charge in [0.2, 0.25) is 0 Å². The first-order chi connectivity index (χ1) is 10.8. The summed E-state index contributed by atoms with van der Waals surface area (Å²) in [6.07, 6.45) is 0. The molecule has 0 unspecified atom stereocenters. The summed E-state index contributed by atoms with van der Waals surface area (Å²) in [4.78, 5) is 12.1. The number of esters is 1. The van der Waals surface area contributed by atoms with Crippen molar-refractivity contribution in [1.82, 2.24) is 0 Å². The van der Waals surface area contributed by atoms with Crippen LogP contribution in [-0.4, -0.2) is 12.6 Å². The van der Waals surface area contributed by atoms with Crippen molar-refractivity contribution >= 4 is 5.97 Å². The van der Waals surface area contributed by atoms with Gasteiger partial charge in [-0.05, 0) is 36.5 Å². The Morgan fingerprint density at radius 1 is 0.957 bits per heavy atom. The van der Waals surface area contributed by atoms with Gasteiger partial charge < -0.3 is 9.47 Å². The Labute approximate surface area is 138 Å². The van der Waals surface area contributed by atoms with Gasteiger partial charge in [-0.15, -0.1) is 0 Å². The standard InChI is InChI=1S/C20H24O3/c1-14-9-8-10-15(2)19(14)22-13-18(21)23-17-12-7-6-11-16(17)20(3,4)5/h6-12H,13H2,1-5H3. The predicted octanol–water partition coefficient (Wildman–Crippen LogP) is 4.59. The second-order valence-corrected chi connectivity index (χ2v) is 6.73. The van der Waals surface area contributed by atoms with E-state index in [4.69, 9.17) is 9.47 Å². The largest absolute Gasteiger partial charge is 0.481 e. The summed E-state index contributed by atoms with van der Waals surface area (Å²) in [5.41, 5.74) is 2.92. The molecular weight excluding hydrogens is 288 g/mol. The van der Waals surface area contributed by atoms with Crippen LogP contribution in [0.2, 0.25) is 0 Å². The first-order valence-corrected chi connectivity index (χ1v) is 7.78. The van der Waals surface area contributed by atoms with Crippen molar-refractivity contribution in [3.63, 3.8) is 0 Å². The third-order valence-electron chi connectivity index (χ3n) is 3.66. The minimum Gasteiger partial charge on any atom is -0.481 e. The van der Waals surface area contributed by atoms with Gasteiger partial charge in [-0.1, -0.05) is 57.2 Å². The van der Waals surface area contributed by atoms with Gasteiger partial charge in [-0.3, -0.25) is 0 Å². The number of rotatable bonds is 4. The number of aryl methyl sites for hydroxylation is 2. The Balaban J connectivity index is 2.07. The fraction of sp³-hybridized carbons (Fsp3) is 0.350. The molecule has 0 N–H and O–H groups in total. The summed E-state index contributed by atoms with van der Waals surface area (Å²) in [6, 6.07) is 13.5. The van der Waals surface area contributed by atoms with Crippen molar-refractivity contribution in [2.75, 3.05) is 6.61 Å². The lowest BCUT2D eigenvalue weighted by Gasteiger charge is -2.22. The lowest BCUT2D eigenvalue weighted by molar-refractivity contribution is -0.136. The van der Waals surface area contributed by atoms with E-state index in [-0.39, 0.29) is 12.0 Å². The van der Waals surface area contributed by atoms with Crippen LogP contribution >= 0.6 is 0 Å². The van der Waals surface area contributed by atoms with Crippen molar-refractivity contribution in [2.24, 2.45) is 0 Å². The molecule has 2 aromatic carbocycles. The molecule has 0 saturated heterocycles. The molecule has 0 heterocycles. The highest BCUT2D eigenvalue weighted by Crippen LogP contribution is 2.31. The average Bonchev–Trinajstić information content (AvgIpc) is 2.46. The normalized spacial score (nSPS) is 11.2. The molecular formula is C20H24O3. The first-order valence-electron chi connectivity index (χ1n) is 7.78. The highest BCUT2D eigenvalue weighted by atomic mass is 16.6. The summed E-state index contributed by atoms with van der Waals surface area (Å²) in [6.45, 7) is 10.1. The van der Waals surface area contributed by atoms with Crippen molar-refractivity contribution in [2.45, 2.75) is 40.0 Å². The second kappa shape index (κ2) is 6.86. The maximum atomic E-state index is 12.1. The molecule has 3 nitrogen and oxygen atoms in total. The maximum absolute atomic E-state index is 12.1. The zero-order chi connectivity index (χ0) is 17.0. The van der Waals surface area contributed by atoms with Crippen LogP contribution in [0.25, 0.3) is 0 Å². The number of hydrogen-bond acceptors (Lipinski definition) is 3. The topological polar surface area (TPSA) is 35.5 Å². The van der Waals surface area contributed by atoms with Crippen LogP contribution in [0.5, 0.6) is 11.5 Å². The van der Waals surface area contributed by atoms with E-state index in [1.165, 1.54) is 0 Å². The quantitative estimate of drug-likeness (QED) is 0.612. The molecule has 0 aromatic heterocycles. The number of benzene rings is 2. The monoisotopic (exact) mass is 312 g/mol. The Morgan fingerprint density at radius 2 is 1.57 bits per heavy atom. The SMILES string of the molecule is Cc1cccc(C)c1OCC(=O)Oc1ccccc1C(C)(C)C. The van der Waals surface area contributed by atoms with E-state index in [2.05, 4.69) is 20.8 Å². The van der Waals surface area contributed by atoms with Crippen LogP contribution in [0.1, 0.15) is 37.5 Å². The molecule has 0 fully saturated rings.